The zero-order valence-electron chi connectivity index (χ0n) is 9.93. The second-order valence-electron chi connectivity index (χ2n) is 3.63. The molecule has 0 aliphatic carbocycles. The molecule has 17 heavy (non-hydrogen) atoms. The van der Waals surface area contributed by atoms with Crippen LogP contribution in [0.25, 0.3) is 0 Å². The Hall–Kier alpha value is -1.92. The van der Waals surface area contributed by atoms with Crippen LogP contribution < -0.4 is 0 Å². The Kier molecular flexibility index (Phi) is 3.82. The van der Waals surface area contributed by atoms with Crippen molar-refractivity contribution in [2.75, 3.05) is 20.2 Å². The highest BCUT2D eigenvalue weighted by molar-refractivity contribution is 6.13. The van der Waals surface area contributed by atoms with Crippen molar-refractivity contribution in [3.8, 4) is 0 Å². The van der Waals surface area contributed by atoms with Crippen LogP contribution in [0.5, 0.6) is 0 Å². The van der Waals surface area contributed by atoms with E-state index in [1.54, 1.807) is 6.92 Å². The average Bonchev–Trinajstić information content (AvgIpc) is 2.22. The molecular formula is C10H14N2O5. The van der Waals surface area contributed by atoms with E-state index in [0.717, 1.165) is 11.8 Å². The number of nitrogens with zero attached hydrogens (tertiary/aromatic N) is 2. The molecule has 1 heterocycles. The summed E-state index contributed by atoms with van der Waals surface area (Å²) < 4.78 is 4.70. The fourth-order valence-electron chi connectivity index (χ4n) is 1.61. The normalized spacial score (nSPS) is 20.5. The van der Waals surface area contributed by atoms with E-state index in [4.69, 9.17) is 4.74 Å². The largest absolute Gasteiger partial charge is 0.464 e. The van der Waals surface area contributed by atoms with Crippen LogP contribution in [0.1, 0.15) is 13.8 Å². The third-order valence-corrected chi connectivity index (χ3v) is 2.36. The Labute approximate surface area is 98.3 Å². The van der Waals surface area contributed by atoms with E-state index in [1.807, 2.05) is 0 Å². The van der Waals surface area contributed by atoms with Gasteiger partial charge in [-0.15, -0.1) is 0 Å². The van der Waals surface area contributed by atoms with Crippen LogP contribution in [0.2, 0.25) is 0 Å². The molecule has 0 saturated carbocycles. The SMILES string of the molecule is CCOC(=O)C1C(=O)N(C)CC(=O)N1C(C)=O. The van der Waals surface area contributed by atoms with Crippen LogP contribution >= 0.6 is 0 Å². The summed E-state index contributed by atoms with van der Waals surface area (Å²) in [6.07, 6.45) is 0. The van der Waals surface area contributed by atoms with Gasteiger partial charge < -0.3 is 9.64 Å². The van der Waals surface area contributed by atoms with E-state index in [-0.39, 0.29) is 13.2 Å². The molecule has 1 atom stereocenters. The van der Waals surface area contributed by atoms with Gasteiger partial charge in [0.05, 0.1) is 13.2 Å². The number of hydrogen-bond donors (Lipinski definition) is 0. The van der Waals surface area contributed by atoms with Gasteiger partial charge >= 0.3 is 5.97 Å². The molecule has 1 aliphatic heterocycles. The Morgan fingerprint density at radius 3 is 2.47 bits per heavy atom. The van der Waals surface area contributed by atoms with E-state index in [0.29, 0.717) is 4.90 Å². The van der Waals surface area contributed by atoms with Crippen molar-refractivity contribution < 1.29 is 23.9 Å². The minimum atomic E-state index is -1.49. The predicted molar refractivity (Wildman–Crippen MR) is 55.6 cm³/mol. The monoisotopic (exact) mass is 242 g/mol. The summed E-state index contributed by atoms with van der Waals surface area (Å²) in [6.45, 7) is 2.57. The lowest BCUT2D eigenvalue weighted by Crippen LogP contribution is -2.63. The van der Waals surface area contributed by atoms with E-state index in [1.165, 1.54) is 7.05 Å². The average molecular weight is 242 g/mol. The maximum atomic E-state index is 11.8. The molecule has 3 amide bonds. The van der Waals surface area contributed by atoms with Crippen LogP contribution in [-0.2, 0) is 23.9 Å². The second kappa shape index (κ2) is 4.94. The maximum Gasteiger partial charge on any atom is 0.339 e. The van der Waals surface area contributed by atoms with Gasteiger partial charge in [0.1, 0.15) is 0 Å². The fourth-order valence-corrected chi connectivity index (χ4v) is 1.61. The van der Waals surface area contributed by atoms with Crippen LogP contribution in [0.3, 0.4) is 0 Å². The molecule has 7 nitrogen and oxygen atoms in total. The summed E-state index contributed by atoms with van der Waals surface area (Å²) in [7, 11) is 1.39. The van der Waals surface area contributed by atoms with Crippen LogP contribution in [0, 0.1) is 0 Å². The lowest BCUT2D eigenvalue weighted by Gasteiger charge is -2.35. The van der Waals surface area contributed by atoms with Crippen molar-refractivity contribution in [2.45, 2.75) is 19.9 Å². The highest BCUT2D eigenvalue weighted by atomic mass is 16.5. The van der Waals surface area contributed by atoms with Gasteiger partial charge in [-0.05, 0) is 6.92 Å². The number of imide groups is 1. The molecule has 1 unspecified atom stereocenters. The minimum Gasteiger partial charge on any atom is -0.464 e. The number of carbonyl (C=O) groups excluding carboxylic acids is 4. The number of amides is 3. The first-order chi connectivity index (χ1) is 7.90. The Morgan fingerprint density at radius 2 is 2.00 bits per heavy atom. The number of piperazine rings is 1. The highest BCUT2D eigenvalue weighted by Crippen LogP contribution is 2.13. The summed E-state index contributed by atoms with van der Waals surface area (Å²) in [6, 6.07) is -1.49. The van der Waals surface area contributed by atoms with Gasteiger partial charge in [-0.25, -0.2) is 4.79 Å². The third-order valence-electron chi connectivity index (χ3n) is 2.36. The zero-order valence-corrected chi connectivity index (χ0v) is 9.93. The first kappa shape index (κ1) is 13.1. The quantitative estimate of drug-likeness (QED) is 0.447. The Bertz CT molecular complexity index is 379. The predicted octanol–water partition coefficient (Wildman–Crippen LogP) is -1.23. The molecule has 0 bridgehead atoms. The third kappa shape index (κ3) is 2.43. The minimum absolute atomic E-state index is 0.0757. The molecule has 0 aromatic carbocycles. The van der Waals surface area contributed by atoms with Crippen molar-refractivity contribution in [1.29, 1.82) is 0 Å². The molecule has 0 radical (unpaired) electrons. The fraction of sp³-hybridized carbons (Fsp3) is 0.600. The van der Waals surface area contributed by atoms with E-state index in [2.05, 4.69) is 0 Å². The molecule has 0 aromatic rings. The zero-order chi connectivity index (χ0) is 13.2. The summed E-state index contributed by atoms with van der Waals surface area (Å²) >= 11 is 0. The number of ether oxygens (including phenoxy) is 1. The number of esters is 1. The van der Waals surface area contributed by atoms with Crippen molar-refractivity contribution in [3.05, 3.63) is 0 Å². The number of rotatable bonds is 2. The maximum absolute atomic E-state index is 11.8. The smallest absolute Gasteiger partial charge is 0.339 e. The first-order valence-electron chi connectivity index (χ1n) is 5.14. The lowest BCUT2D eigenvalue weighted by atomic mass is 10.1. The molecular weight excluding hydrogens is 228 g/mol. The molecule has 7 heteroatoms. The molecule has 0 aromatic heterocycles. The molecule has 1 saturated heterocycles. The molecule has 94 valence electrons. The summed E-state index contributed by atoms with van der Waals surface area (Å²) in [5, 5.41) is 0. The Balaban J connectivity index is 3.06. The van der Waals surface area contributed by atoms with Crippen molar-refractivity contribution in [2.24, 2.45) is 0 Å². The van der Waals surface area contributed by atoms with Crippen LogP contribution in [0.4, 0.5) is 0 Å². The van der Waals surface area contributed by atoms with E-state index < -0.39 is 29.7 Å². The van der Waals surface area contributed by atoms with Crippen LogP contribution in [-0.4, -0.2) is 59.7 Å². The molecule has 1 fully saturated rings. The van der Waals surface area contributed by atoms with Crippen molar-refractivity contribution >= 4 is 23.7 Å². The molecule has 0 N–H and O–H groups in total. The lowest BCUT2D eigenvalue weighted by molar-refractivity contribution is -0.171. The first-order valence-corrected chi connectivity index (χ1v) is 5.14. The highest BCUT2D eigenvalue weighted by Gasteiger charge is 2.45. The summed E-state index contributed by atoms with van der Waals surface area (Å²) in [4.78, 5) is 48.1. The second-order valence-corrected chi connectivity index (χ2v) is 3.63. The summed E-state index contributed by atoms with van der Waals surface area (Å²) in [5.74, 6) is -2.72. The molecule has 1 aliphatic rings. The van der Waals surface area contributed by atoms with Crippen LogP contribution in [0.15, 0.2) is 0 Å². The van der Waals surface area contributed by atoms with E-state index >= 15 is 0 Å². The van der Waals surface area contributed by atoms with Gasteiger partial charge in [0.15, 0.2) is 0 Å². The van der Waals surface area contributed by atoms with Gasteiger partial charge in [-0.2, -0.15) is 0 Å². The van der Waals surface area contributed by atoms with Crippen molar-refractivity contribution in [3.63, 3.8) is 0 Å². The van der Waals surface area contributed by atoms with Gasteiger partial charge in [0, 0.05) is 14.0 Å². The van der Waals surface area contributed by atoms with Gasteiger partial charge in [-0.3, -0.25) is 19.3 Å². The molecule has 1 rings (SSSR count). The van der Waals surface area contributed by atoms with Crippen molar-refractivity contribution in [1.82, 2.24) is 9.80 Å². The number of carbonyl (C=O) groups is 4. The molecule has 0 spiro atoms. The Morgan fingerprint density at radius 1 is 1.41 bits per heavy atom. The number of likely N-dealkylation sites (N-methyl/N-ethyl adjacent to an activating group) is 1. The number of hydrogen-bond acceptors (Lipinski definition) is 5. The van der Waals surface area contributed by atoms with Gasteiger partial charge in [-0.1, -0.05) is 0 Å². The standard InChI is InChI=1S/C10H14N2O5/c1-4-17-10(16)8-9(15)11(3)5-7(14)12(8)6(2)13/h8H,4-5H2,1-3H3. The topological polar surface area (TPSA) is 84.0 Å². The van der Waals surface area contributed by atoms with Gasteiger partial charge in [0.2, 0.25) is 17.9 Å². The van der Waals surface area contributed by atoms with E-state index in [9.17, 15) is 19.2 Å². The summed E-state index contributed by atoms with van der Waals surface area (Å²) in [5.41, 5.74) is 0. The van der Waals surface area contributed by atoms with Gasteiger partial charge in [0.25, 0.3) is 5.91 Å².